The van der Waals surface area contributed by atoms with Gasteiger partial charge in [-0.15, -0.1) is 0 Å². The van der Waals surface area contributed by atoms with Crippen LogP contribution in [0, 0.1) is 6.92 Å². The molecule has 0 bridgehead atoms. The third kappa shape index (κ3) is 3.46. The smallest absolute Gasteiger partial charge is 0.227 e. The highest BCUT2D eigenvalue weighted by Gasteiger charge is 2.20. The van der Waals surface area contributed by atoms with Gasteiger partial charge in [0.2, 0.25) is 5.89 Å². The monoisotopic (exact) mass is 513 g/mol. The van der Waals surface area contributed by atoms with Crippen LogP contribution < -0.4 is 0 Å². The van der Waals surface area contributed by atoms with Crippen molar-refractivity contribution in [1.29, 1.82) is 0 Å². The van der Waals surface area contributed by atoms with Gasteiger partial charge in [-0.2, -0.15) is 0 Å². The minimum atomic E-state index is 0.657. The summed E-state index contributed by atoms with van der Waals surface area (Å²) in [6.07, 6.45) is 1.02. The quantitative estimate of drug-likeness (QED) is 0.219. The first-order chi connectivity index (χ1) is 19.7. The number of benzene rings is 7. The Bertz CT molecular complexity index is 2150. The summed E-state index contributed by atoms with van der Waals surface area (Å²) >= 11 is 0. The number of oxazole rings is 1. The van der Waals surface area contributed by atoms with Gasteiger partial charge < -0.3 is 4.42 Å². The van der Waals surface area contributed by atoms with E-state index < -0.39 is 0 Å². The number of hydrogen-bond donors (Lipinski definition) is 0. The average molecular weight is 514 g/mol. The summed E-state index contributed by atoms with van der Waals surface area (Å²) in [5.41, 5.74) is 10.2. The van der Waals surface area contributed by atoms with Crippen molar-refractivity contribution in [3.63, 3.8) is 0 Å². The van der Waals surface area contributed by atoms with Crippen LogP contribution in [0.25, 0.3) is 77.1 Å². The molecule has 0 aliphatic heterocycles. The van der Waals surface area contributed by atoms with Crippen LogP contribution in [0.4, 0.5) is 0 Å². The zero-order valence-corrected chi connectivity index (χ0v) is 22.5. The van der Waals surface area contributed by atoms with Crippen molar-refractivity contribution in [3.8, 4) is 33.7 Å². The summed E-state index contributed by atoms with van der Waals surface area (Å²) in [6.45, 7) is 4.33. The number of hydrogen-bond acceptors (Lipinski definition) is 2. The molecule has 190 valence electrons. The fraction of sp³-hybridized carbons (Fsp3) is 0.0789. The lowest BCUT2D eigenvalue weighted by Gasteiger charge is -2.18. The zero-order valence-electron chi connectivity index (χ0n) is 22.5. The van der Waals surface area contributed by atoms with Crippen molar-refractivity contribution in [3.05, 3.63) is 126 Å². The maximum absolute atomic E-state index is 6.36. The summed E-state index contributed by atoms with van der Waals surface area (Å²) < 4.78 is 6.36. The molecule has 0 saturated carbocycles. The summed E-state index contributed by atoms with van der Waals surface area (Å²) in [4.78, 5) is 4.93. The first-order valence-corrected chi connectivity index (χ1v) is 13.9. The van der Waals surface area contributed by atoms with Gasteiger partial charge in [-0.25, -0.2) is 4.98 Å². The molecule has 0 aliphatic carbocycles. The van der Waals surface area contributed by atoms with E-state index in [0.29, 0.717) is 5.89 Å². The van der Waals surface area contributed by atoms with Crippen molar-refractivity contribution in [1.82, 2.24) is 4.98 Å². The van der Waals surface area contributed by atoms with Crippen LogP contribution in [-0.2, 0) is 6.42 Å². The second-order valence-electron chi connectivity index (χ2n) is 10.7. The SMILES string of the molecule is CCc1ccc(-c2cc(-c3nc4ccccc4o3)c3ccc4c(-c5ccc(C)cc5)ccc5ccc2c3c54)cc1. The van der Waals surface area contributed by atoms with Crippen LogP contribution in [0.15, 0.2) is 120 Å². The summed E-state index contributed by atoms with van der Waals surface area (Å²) in [7, 11) is 0. The lowest BCUT2D eigenvalue weighted by Crippen LogP contribution is -1.92. The summed E-state index contributed by atoms with van der Waals surface area (Å²) in [5.74, 6) is 0.657. The Hall–Kier alpha value is -4.95. The van der Waals surface area contributed by atoms with Crippen LogP contribution in [0.1, 0.15) is 18.1 Å². The first-order valence-electron chi connectivity index (χ1n) is 13.9. The molecule has 2 heteroatoms. The van der Waals surface area contributed by atoms with E-state index in [0.717, 1.165) is 28.5 Å². The number of rotatable bonds is 4. The van der Waals surface area contributed by atoms with Crippen LogP contribution >= 0.6 is 0 Å². The van der Waals surface area contributed by atoms with Gasteiger partial charge >= 0.3 is 0 Å². The molecule has 1 aromatic heterocycles. The van der Waals surface area contributed by atoms with Gasteiger partial charge in [0.05, 0.1) is 0 Å². The molecule has 0 N–H and O–H groups in total. The van der Waals surface area contributed by atoms with E-state index in [1.54, 1.807) is 0 Å². The van der Waals surface area contributed by atoms with Gasteiger partial charge in [0.25, 0.3) is 0 Å². The van der Waals surface area contributed by atoms with Crippen LogP contribution in [-0.4, -0.2) is 4.98 Å². The Balaban J connectivity index is 1.50. The molecular formula is C38H27NO. The Morgan fingerprint density at radius 1 is 0.600 bits per heavy atom. The van der Waals surface area contributed by atoms with Crippen molar-refractivity contribution < 1.29 is 4.42 Å². The van der Waals surface area contributed by atoms with E-state index in [4.69, 9.17) is 9.40 Å². The van der Waals surface area contributed by atoms with Gasteiger partial charge in [-0.1, -0.05) is 110 Å². The molecule has 40 heavy (non-hydrogen) atoms. The minimum absolute atomic E-state index is 0.657. The fourth-order valence-electron chi connectivity index (χ4n) is 6.21. The Morgan fingerprint density at radius 2 is 1.25 bits per heavy atom. The molecule has 8 rings (SSSR count). The third-order valence-corrected chi connectivity index (χ3v) is 8.34. The second-order valence-corrected chi connectivity index (χ2v) is 10.7. The summed E-state index contributed by atoms with van der Waals surface area (Å²) in [5, 5.41) is 7.47. The van der Waals surface area contributed by atoms with E-state index in [2.05, 4.69) is 105 Å². The van der Waals surface area contributed by atoms with Crippen molar-refractivity contribution in [2.75, 3.05) is 0 Å². The van der Waals surface area contributed by atoms with Crippen molar-refractivity contribution in [2.24, 2.45) is 0 Å². The number of nitrogens with zero attached hydrogens (tertiary/aromatic N) is 1. The molecule has 0 atom stereocenters. The molecule has 8 aromatic rings. The van der Waals surface area contributed by atoms with Crippen molar-refractivity contribution in [2.45, 2.75) is 20.3 Å². The molecule has 0 radical (unpaired) electrons. The first kappa shape index (κ1) is 23.0. The van der Waals surface area contributed by atoms with Gasteiger partial charge in [0.15, 0.2) is 5.58 Å². The molecule has 2 nitrogen and oxygen atoms in total. The lowest BCUT2D eigenvalue weighted by atomic mass is 9.85. The largest absolute Gasteiger partial charge is 0.436 e. The van der Waals surface area contributed by atoms with Gasteiger partial charge in [-0.05, 0) is 91.7 Å². The molecule has 0 unspecified atom stereocenters. The van der Waals surface area contributed by atoms with Crippen LogP contribution in [0.2, 0.25) is 0 Å². The molecule has 0 aliphatic rings. The van der Waals surface area contributed by atoms with E-state index in [-0.39, 0.29) is 0 Å². The van der Waals surface area contributed by atoms with Crippen LogP contribution in [0.5, 0.6) is 0 Å². The molecule has 0 spiro atoms. The summed E-state index contributed by atoms with van der Waals surface area (Å²) in [6, 6.07) is 41.7. The molecule has 0 saturated heterocycles. The maximum Gasteiger partial charge on any atom is 0.227 e. The molecule has 1 heterocycles. The lowest BCUT2D eigenvalue weighted by molar-refractivity contribution is 0.620. The van der Waals surface area contributed by atoms with Gasteiger partial charge in [0, 0.05) is 5.56 Å². The predicted molar refractivity (Wildman–Crippen MR) is 168 cm³/mol. The third-order valence-electron chi connectivity index (χ3n) is 8.34. The number of aryl methyl sites for hydroxylation is 2. The van der Waals surface area contributed by atoms with Gasteiger partial charge in [0.1, 0.15) is 5.52 Å². The predicted octanol–water partition coefficient (Wildman–Crippen LogP) is 10.6. The Labute approximate surface area is 232 Å². The minimum Gasteiger partial charge on any atom is -0.436 e. The molecule has 7 aromatic carbocycles. The Kier molecular flexibility index (Phi) is 5.05. The standard InChI is InChI=1S/C38H27NO/c1-3-24-10-14-26(15-11-24)32-22-33(38-39-34-6-4-5-7-35(34)40-38)31-21-20-29-28(25-12-8-23(2)9-13-25)18-16-27-17-19-30(32)37(31)36(27)29/h4-22H,3H2,1-2H3. The zero-order chi connectivity index (χ0) is 26.8. The number of aromatic nitrogens is 1. The normalized spacial score (nSPS) is 11.8. The molecule has 0 fully saturated rings. The number of para-hydroxylation sites is 2. The average Bonchev–Trinajstić information content (AvgIpc) is 3.44. The molecule has 0 amide bonds. The van der Waals surface area contributed by atoms with Gasteiger partial charge in [-0.3, -0.25) is 0 Å². The number of fused-ring (bicyclic) bond motifs is 1. The fourth-order valence-corrected chi connectivity index (χ4v) is 6.21. The second kappa shape index (κ2) is 8.79. The van der Waals surface area contributed by atoms with E-state index >= 15 is 0 Å². The maximum atomic E-state index is 6.36. The topological polar surface area (TPSA) is 26.0 Å². The van der Waals surface area contributed by atoms with Crippen molar-refractivity contribution >= 4 is 43.4 Å². The van der Waals surface area contributed by atoms with E-state index in [9.17, 15) is 0 Å². The highest BCUT2D eigenvalue weighted by Crippen LogP contribution is 2.46. The highest BCUT2D eigenvalue weighted by molar-refractivity contribution is 6.29. The Morgan fingerprint density at radius 3 is 2.02 bits per heavy atom. The molecular weight excluding hydrogens is 486 g/mol. The van der Waals surface area contributed by atoms with E-state index in [1.807, 2.05) is 24.3 Å². The van der Waals surface area contributed by atoms with Crippen LogP contribution in [0.3, 0.4) is 0 Å². The van der Waals surface area contributed by atoms with E-state index in [1.165, 1.54) is 60.3 Å². The highest BCUT2D eigenvalue weighted by atomic mass is 16.3.